The molecule has 1 aromatic heterocycles. The van der Waals surface area contributed by atoms with Crippen LogP contribution in [0.1, 0.15) is 0 Å². The summed E-state index contributed by atoms with van der Waals surface area (Å²) in [7, 11) is 0. The van der Waals surface area contributed by atoms with Crippen molar-refractivity contribution in [2.45, 2.75) is 0 Å². The number of benzene rings is 7. The SMILES string of the molecule is c1ccc(-c2c3ccccc3c(-c3cccc4ccccc34)c3ncccc23)c(-c2ccc3ccccc3c2)c1. The maximum absolute atomic E-state index is 5.04. The second-order valence-electron chi connectivity index (χ2n) is 10.3. The van der Waals surface area contributed by atoms with Gasteiger partial charge in [-0.1, -0.05) is 133 Å². The molecule has 0 saturated heterocycles. The lowest BCUT2D eigenvalue weighted by atomic mass is 9.84. The zero-order valence-corrected chi connectivity index (χ0v) is 21.9. The monoisotopic (exact) mass is 507 g/mol. The Balaban J connectivity index is 1.49. The van der Waals surface area contributed by atoms with Gasteiger partial charge in [-0.25, -0.2) is 0 Å². The third-order valence-corrected chi connectivity index (χ3v) is 8.10. The summed E-state index contributed by atoms with van der Waals surface area (Å²) in [6.07, 6.45) is 1.92. The van der Waals surface area contributed by atoms with E-state index in [1.807, 2.05) is 6.20 Å². The fraction of sp³-hybridized carbons (Fsp3) is 0. The average Bonchev–Trinajstić information content (AvgIpc) is 3.03. The van der Waals surface area contributed by atoms with Crippen LogP contribution < -0.4 is 0 Å². The molecule has 0 radical (unpaired) electrons. The number of rotatable bonds is 3. The van der Waals surface area contributed by atoms with Gasteiger partial charge in [0.2, 0.25) is 0 Å². The van der Waals surface area contributed by atoms with Gasteiger partial charge in [0.15, 0.2) is 0 Å². The number of fused-ring (bicyclic) bond motifs is 4. The van der Waals surface area contributed by atoms with E-state index in [0.29, 0.717) is 0 Å². The van der Waals surface area contributed by atoms with Crippen molar-refractivity contribution in [1.82, 2.24) is 4.98 Å². The van der Waals surface area contributed by atoms with E-state index >= 15 is 0 Å². The molecule has 0 saturated carbocycles. The molecule has 1 nitrogen and oxygen atoms in total. The Morgan fingerprint density at radius 1 is 0.350 bits per heavy atom. The number of hydrogen-bond acceptors (Lipinski definition) is 1. The molecule has 0 bridgehead atoms. The maximum atomic E-state index is 5.04. The molecule has 0 aliphatic carbocycles. The molecule has 0 spiro atoms. The van der Waals surface area contributed by atoms with Gasteiger partial charge in [-0.15, -0.1) is 0 Å². The van der Waals surface area contributed by atoms with Crippen LogP contribution in [-0.2, 0) is 0 Å². The van der Waals surface area contributed by atoms with Gasteiger partial charge < -0.3 is 0 Å². The molecule has 7 aromatic carbocycles. The maximum Gasteiger partial charge on any atom is 0.0793 e. The summed E-state index contributed by atoms with van der Waals surface area (Å²) in [6.45, 7) is 0. The standard InChI is InChI=1S/C39H25N/c1-2-13-28-25-29(23-22-26(28)11-1)31-16-5-6-17-32(31)37-34-18-7-8-19-35(34)38(39-36(37)21-10-24-40-39)33-20-9-14-27-12-3-4-15-30(27)33/h1-25H. The molecule has 186 valence electrons. The predicted molar refractivity (Wildman–Crippen MR) is 171 cm³/mol. The predicted octanol–water partition coefficient (Wildman–Crippen LogP) is 10.7. The first-order valence-electron chi connectivity index (χ1n) is 13.7. The minimum atomic E-state index is 1.03. The number of hydrogen-bond donors (Lipinski definition) is 0. The molecular formula is C39H25N. The average molecular weight is 508 g/mol. The van der Waals surface area contributed by atoms with Crippen LogP contribution in [0.15, 0.2) is 152 Å². The first-order chi connectivity index (χ1) is 19.9. The van der Waals surface area contributed by atoms with E-state index in [1.54, 1.807) is 0 Å². The quantitative estimate of drug-likeness (QED) is 0.217. The summed E-state index contributed by atoms with van der Waals surface area (Å²) in [6, 6.07) is 52.5. The Morgan fingerprint density at radius 2 is 0.950 bits per heavy atom. The lowest BCUT2D eigenvalue weighted by Crippen LogP contribution is -1.94. The third kappa shape index (κ3) is 3.52. The largest absolute Gasteiger partial charge is 0.256 e. The Kier molecular flexibility index (Phi) is 5.21. The van der Waals surface area contributed by atoms with Crippen LogP contribution in [-0.4, -0.2) is 4.98 Å². The van der Waals surface area contributed by atoms with Crippen LogP contribution in [0.5, 0.6) is 0 Å². The van der Waals surface area contributed by atoms with Crippen LogP contribution in [0.3, 0.4) is 0 Å². The van der Waals surface area contributed by atoms with Gasteiger partial charge >= 0.3 is 0 Å². The second kappa shape index (κ2) is 9.18. The van der Waals surface area contributed by atoms with Crippen molar-refractivity contribution < 1.29 is 0 Å². The number of aromatic nitrogens is 1. The van der Waals surface area contributed by atoms with Crippen LogP contribution in [0.2, 0.25) is 0 Å². The molecule has 0 aliphatic heterocycles. The highest BCUT2D eigenvalue weighted by Crippen LogP contribution is 2.46. The molecule has 1 heterocycles. The van der Waals surface area contributed by atoms with Gasteiger partial charge in [0.25, 0.3) is 0 Å². The summed E-state index contributed by atoms with van der Waals surface area (Å²) in [5, 5.41) is 8.59. The van der Waals surface area contributed by atoms with Gasteiger partial charge in [0, 0.05) is 17.1 Å². The summed E-state index contributed by atoms with van der Waals surface area (Å²) < 4.78 is 0. The van der Waals surface area contributed by atoms with Crippen LogP contribution in [0.25, 0.3) is 76.6 Å². The first-order valence-corrected chi connectivity index (χ1v) is 13.7. The van der Waals surface area contributed by atoms with E-state index in [2.05, 4.69) is 146 Å². The van der Waals surface area contributed by atoms with Gasteiger partial charge in [-0.3, -0.25) is 4.98 Å². The topological polar surface area (TPSA) is 12.9 Å². The lowest BCUT2D eigenvalue weighted by molar-refractivity contribution is 1.42. The molecule has 0 aliphatic rings. The summed E-state index contributed by atoms with van der Waals surface area (Å²) in [5.74, 6) is 0. The molecule has 0 amide bonds. The van der Waals surface area contributed by atoms with E-state index in [4.69, 9.17) is 4.98 Å². The molecule has 1 heteroatoms. The fourth-order valence-corrected chi connectivity index (χ4v) is 6.31. The smallest absolute Gasteiger partial charge is 0.0793 e. The van der Waals surface area contributed by atoms with E-state index < -0.39 is 0 Å². The molecule has 8 rings (SSSR count). The van der Waals surface area contributed by atoms with Crippen molar-refractivity contribution in [3.8, 4) is 33.4 Å². The molecule has 0 fully saturated rings. The minimum absolute atomic E-state index is 1.03. The Labute approximate surface area is 233 Å². The molecule has 0 N–H and O–H groups in total. The van der Waals surface area contributed by atoms with Crippen molar-refractivity contribution in [3.63, 3.8) is 0 Å². The van der Waals surface area contributed by atoms with Crippen molar-refractivity contribution in [2.24, 2.45) is 0 Å². The molecule has 8 aromatic rings. The zero-order chi connectivity index (χ0) is 26.5. The summed E-state index contributed by atoms with van der Waals surface area (Å²) in [4.78, 5) is 5.04. The Morgan fingerprint density at radius 3 is 1.80 bits per heavy atom. The fourth-order valence-electron chi connectivity index (χ4n) is 6.31. The van der Waals surface area contributed by atoms with Crippen LogP contribution >= 0.6 is 0 Å². The van der Waals surface area contributed by atoms with Gasteiger partial charge in [0.1, 0.15) is 0 Å². The number of nitrogens with zero attached hydrogens (tertiary/aromatic N) is 1. The molecule has 0 atom stereocenters. The van der Waals surface area contributed by atoms with E-state index in [1.165, 1.54) is 65.7 Å². The lowest BCUT2D eigenvalue weighted by Gasteiger charge is -2.19. The molecule has 40 heavy (non-hydrogen) atoms. The van der Waals surface area contributed by atoms with Gasteiger partial charge in [0.05, 0.1) is 5.52 Å². The molecular weight excluding hydrogens is 482 g/mol. The summed E-state index contributed by atoms with van der Waals surface area (Å²) in [5.41, 5.74) is 8.32. The highest BCUT2D eigenvalue weighted by Gasteiger charge is 2.20. The van der Waals surface area contributed by atoms with Crippen molar-refractivity contribution in [2.75, 3.05) is 0 Å². The van der Waals surface area contributed by atoms with E-state index in [9.17, 15) is 0 Å². The van der Waals surface area contributed by atoms with E-state index in [-0.39, 0.29) is 0 Å². The van der Waals surface area contributed by atoms with Crippen molar-refractivity contribution in [3.05, 3.63) is 152 Å². The minimum Gasteiger partial charge on any atom is -0.256 e. The zero-order valence-electron chi connectivity index (χ0n) is 21.9. The third-order valence-electron chi connectivity index (χ3n) is 8.10. The Hall–Kier alpha value is -5.27. The highest BCUT2D eigenvalue weighted by molar-refractivity contribution is 6.23. The van der Waals surface area contributed by atoms with Crippen LogP contribution in [0, 0.1) is 0 Å². The van der Waals surface area contributed by atoms with Gasteiger partial charge in [-0.05, 0) is 72.3 Å². The highest BCUT2D eigenvalue weighted by atomic mass is 14.7. The molecule has 0 unspecified atom stereocenters. The van der Waals surface area contributed by atoms with E-state index in [0.717, 1.165) is 10.9 Å². The second-order valence-corrected chi connectivity index (χ2v) is 10.3. The van der Waals surface area contributed by atoms with Crippen molar-refractivity contribution in [1.29, 1.82) is 0 Å². The van der Waals surface area contributed by atoms with Gasteiger partial charge in [-0.2, -0.15) is 0 Å². The van der Waals surface area contributed by atoms with Crippen LogP contribution in [0.4, 0.5) is 0 Å². The summed E-state index contributed by atoms with van der Waals surface area (Å²) >= 11 is 0. The number of pyridine rings is 1. The first kappa shape index (κ1) is 22.7. The normalized spacial score (nSPS) is 11.5. The van der Waals surface area contributed by atoms with Crippen molar-refractivity contribution >= 4 is 43.2 Å². The Bertz CT molecular complexity index is 2160.